The average molecular weight is 285 g/mol. The first kappa shape index (κ1) is 13.9. The van der Waals surface area contributed by atoms with Crippen molar-refractivity contribution in [2.24, 2.45) is 0 Å². The molecule has 1 aromatic heterocycles. The van der Waals surface area contributed by atoms with Gasteiger partial charge >= 0.3 is 12.3 Å². The van der Waals surface area contributed by atoms with Crippen LogP contribution < -0.4 is 10.1 Å². The maximum atomic E-state index is 12.1. The van der Waals surface area contributed by atoms with Crippen molar-refractivity contribution in [3.8, 4) is 5.75 Å². The van der Waals surface area contributed by atoms with Crippen LogP contribution >= 0.6 is 0 Å². The van der Waals surface area contributed by atoms with Crippen LogP contribution in [-0.2, 0) is 6.54 Å². The molecule has 0 fully saturated rings. The van der Waals surface area contributed by atoms with E-state index in [1.54, 1.807) is 30.3 Å². The number of ether oxygens (including phenoxy) is 1. The molecule has 0 radical (unpaired) electrons. The van der Waals surface area contributed by atoms with Gasteiger partial charge in [0.2, 0.25) is 0 Å². The van der Waals surface area contributed by atoms with E-state index in [1.807, 2.05) is 0 Å². The van der Waals surface area contributed by atoms with Crippen molar-refractivity contribution in [3.63, 3.8) is 0 Å². The van der Waals surface area contributed by atoms with Crippen LogP contribution in [0.2, 0.25) is 0 Å². The smallest absolute Gasteiger partial charge is 0.410 e. The van der Waals surface area contributed by atoms with Gasteiger partial charge in [0.25, 0.3) is 0 Å². The molecule has 1 heterocycles. The van der Waals surface area contributed by atoms with E-state index < -0.39 is 18.8 Å². The van der Waals surface area contributed by atoms with Crippen LogP contribution in [0.3, 0.4) is 0 Å². The number of carbonyl (C=O) groups is 1. The van der Waals surface area contributed by atoms with Gasteiger partial charge in [-0.05, 0) is 12.1 Å². The summed E-state index contributed by atoms with van der Waals surface area (Å²) in [4.78, 5) is 11.5. The Hall–Kier alpha value is -2.51. The Kier molecular flexibility index (Phi) is 3.92. The standard InChI is InChI=1S/C12H10F3N3O2/c13-12(14,15)8-18-7-9(6-16-18)17-11(19)20-10-4-2-1-3-5-10/h1-7H,8H2,(H,17,19). The number of para-hydroxylation sites is 1. The summed E-state index contributed by atoms with van der Waals surface area (Å²) >= 11 is 0. The first-order valence-electron chi connectivity index (χ1n) is 5.55. The molecule has 0 bridgehead atoms. The summed E-state index contributed by atoms with van der Waals surface area (Å²) in [5, 5.41) is 5.77. The van der Waals surface area contributed by atoms with Crippen LogP contribution in [0.1, 0.15) is 0 Å². The van der Waals surface area contributed by atoms with E-state index in [0.29, 0.717) is 10.4 Å². The fourth-order valence-corrected chi connectivity index (χ4v) is 1.44. The molecule has 5 nitrogen and oxygen atoms in total. The molecule has 0 aliphatic heterocycles. The van der Waals surface area contributed by atoms with Crippen molar-refractivity contribution in [2.45, 2.75) is 12.7 Å². The van der Waals surface area contributed by atoms with Crippen molar-refractivity contribution >= 4 is 11.8 Å². The van der Waals surface area contributed by atoms with Gasteiger partial charge in [-0.15, -0.1) is 0 Å². The number of amides is 1. The molecular weight excluding hydrogens is 275 g/mol. The van der Waals surface area contributed by atoms with Gasteiger partial charge in [0.1, 0.15) is 12.3 Å². The zero-order valence-corrected chi connectivity index (χ0v) is 10.1. The minimum atomic E-state index is -4.37. The second-order valence-corrected chi connectivity index (χ2v) is 3.87. The van der Waals surface area contributed by atoms with E-state index in [4.69, 9.17) is 4.74 Å². The number of rotatable bonds is 3. The van der Waals surface area contributed by atoms with Crippen LogP contribution in [-0.4, -0.2) is 22.1 Å². The third-order valence-electron chi connectivity index (χ3n) is 2.17. The maximum Gasteiger partial charge on any atom is 0.417 e. The van der Waals surface area contributed by atoms with Crippen molar-refractivity contribution in [1.29, 1.82) is 0 Å². The number of hydrogen-bond acceptors (Lipinski definition) is 3. The zero-order chi connectivity index (χ0) is 14.6. The summed E-state index contributed by atoms with van der Waals surface area (Å²) in [6.45, 7) is -1.22. The summed E-state index contributed by atoms with van der Waals surface area (Å²) in [7, 11) is 0. The molecule has 8 heteroatoms. The van der Waals surface area contributed by atoms with E-state index in [0.717, 1.165) is 12.4 Å². The van der Waals surface area contributed by atoms with Gasteiger partial charge in [-0.1, -0.05) is 18.2 Å². The molecule has 2 rings (SSSR count). The normalized spacial score (nSPS) is 11.2. The molecule has 0 aliphatic rings. The third-order valence-corrected chi connectivity index (χ3v) is 2.17. The van der Waals surface area contributed by atoms with Crippen molar-refractivity contribution in [2.75, 3.05) is 5.32 Å². The van der Waals surface area contributed by atoms with Gasteiger partial charge in [0.15, 0.2) is 0 Å². The van der Waals surface area contributed by atoms with Crippen molar-refractivity contribution in [3.05, 3.63) is 42.7 Å². The van der Waals surface area contributed by atoms with E-state index in [2.05, 4.69) is 10.4 Å². The summed E-state index contributed by atoms with van der Waals surface area (Å²) in [5.41, 5.74) is 0.121. The highest BCUT2D eigenvalue weighted by atomic mass is 19.4. The quantitative estimate of drug-likeness (QED) is 0.943. The fourth-order valence-electron chi connectivity index (χ4n) is 1.44. The van der Waals surface area contributed by atoms with Crippen LogP contribution in [0.4, 0.5) is 23.7 Å². The molecule has 1 amide bonds. The molecular formula is C12H10F3N3O2. The second-order valence-electron chi connectivity index (χ2n) is 3.87. The summed E-state index contributed by atoms with van der Waals surface area (Å²) in [6.07, 6.45) is -2.99. The number of halogens is 3. The van der Waals surface area contributed by atoms with Crippen LogP contribution in [0.25, 0.3) is 0 Å². The number of benzene rings is 1. The number of aromatic nitrogens is 2. The Morgan fingerprint density at radius 2 is 2.00 bits per heavy atom. The van der Waals surface area contributed by atoms with Crippen LogP contribution in [0, 0.1) is 0 Å². The molecule has 1 N–H and O–H groups in total. The molecule has 0 aliphatic carbocycles. The van der Waals surface area contributed by atoms with E-state index in [1.165, 1.54) is 0 Å². The molecule has 0 saturated heterocycles. The van der Waals surface area contributed by atoms with Gasteiger partial charge in [-0.3, -0.25) is 10.00 Å². The first-order valence-corrected chi connectivity index (χ1v) is 5.55. The Balaban J connectivity index is 1.92. The Morgan fingerprint density at radius 1 is 1.30 bits per heavy atom. The predicted molar refractivity (Wildman–Crippen MR) is 64.4 cm³/mol. The maximum absolute atomic E-state index is 12.1. The van der Waals surface area contributed by atoms with Crippen molar-refractivity contribution in [1.82, 2.24) is 9.78 Å². The average Bonchev–Trinajstić information content (AvgIpc) is 2.75. The molecule has 20 heavy (non-hydrogen) atoms. The van der Waals surface area contributed by atoms with Crippen LogP contribution in [0.5, 0.6) is 5.75 Å². The number of nitrogens with zero attached hydrogens (tertiary/aromatic N) is 2. The molecule has 2 aromatic rings. The lowest BCUT2D eigenvalue weighted by molar-refractivity contribution is -0.142. The Bertz CT molecular complexity index is 581. The largest absolute Gasteiger partial charge is 0.417 e. The van der Waals surface area contributed by atoms with Crippen LogP contribution in [0.15, 0.2) is 42.7 Å². The highest BCUT2D eigenvalue weighted by Gasteiger charge is 2.28. The number of carbonyl (C=O) groups excluding carboxylic acids is 1. The predicted octanol–water partition coefficient (Wildman–Crippen LogP) is 3.06. The topological polar surface area (TPSA) is 56.2 Å². The van der Waals surface area contributed by atoms with Gasteiger partial charge < -0.3 is 4.74 Å². The lowest BCUT2D eigenvalue weighted by Crippen LogP contribution is -2.18. The molecule has 106 valence electrons. The van der Waals surface area contributed by atoms with Gasteiger partial charge in [0, 0.05) is 6.20 Å². The van der Waals surface area contributed by atoms with E-state index in [-0.39, 0.29) is 5.69 Å². The number of alkyl halides is 3. The monoisotopic (exact) mass is 285 g/mol. The lowest BCUT2D eigenvalue weighted by Gasteiger charge is -2.05. The first-order chi connectivity index (χ1) is 9.42. The molecule has 0 unspecified atom stereocenters. The minimum absolute atomic E-state index is 0.121. The van der Waals surface area contributed by atoms with E-state index >= 15 is 0 Å². The fraction of sp³-hybridized carbons (Fsp3) is 0.167. The Morgan fingerprint density at radius 3 is 2.65 bits per heavy atom. The summed E-state index contributed by atoms with van der Waals surface area (Å²) in [6, 6.07) is 8.28. The minimum Gasteiger partial charge on any atom is -0.410 e. The SMILES string of the molecule is O=C(Nc1cnn(CC(F)(F)F)c1)Oc1ccccc1. The zero-order valence-electron chi connectivity index (χ0n) is 10.1. The van der Waals surface area contributed by atoms with Crippen molar-refractivity contribution < 1.29 is 22.7 Å². The van der Waals surface area contributed by atoms with Gasteiger partial charge in [0.05, 0.1) is 11.9 Å². The Labute approximate surface area is 112 Å². The van der Waals surface area contributed by atoms with Gasteiger partial charge in [-0.2, -0.15) is 18.3 Å². The third kappa shape index (κ3) is 4.30. The number of anilines is 1. The highest BCUT2D eigenvalue weighted by Crippen LogP contribution is 2.18. The number of hydrogen-bond donors (Lipinski definition) is 1. The number of nitrogens with one attached hydrogen (secondary N) is 1. The lowest BCUT2D eigenvalue weighted by atomic mass is 10.3. The highest BCUT2D eigenvalue weighted by molar-refractivity contribution is 5.85. The summed E-state index contributed by atoms with van der Waals surface area (Å²) in [5.74, 6) is 0.327. The summed E-state index contributed by atoms with van der Waals surface area (Å²) < 4.78 is 42.0. The molecule has 0 saturated carbocycles. The molecule has 1 aromatic carbocycles. The molecule has 0 spiro atoms. The molecule has 0 atom stereocenters. The van der Waals surface area contributed by atoms with Gasteiger partial charge in [-0.25, -0.2) is 4.79 Å². The van der Waals surface area contributed by atoms with E-state index in [9.17, 15) is 18.0 Å². The second kappa shape index (κ2) is 5.64.